The SMILES string of the molecule is CC(C)OCC1(CN2CCO[C@H](C)C2)CC1. The Morgan fingerprint density at radius 2 is 2.19 bits per heavy atom. The largest absolute Gasteiger partial charge is 0.378 e. The number of ether oxygens (including phenoxy) is 2. The van der Waals surface area contributed by atoms with E-state index in [1.807, 2.05) is 0 Å². The van der Waals surface area contributed by atoms with E-state index in [4.69, 9.17) is 9.47 Å². The summed E-state index contributed by atoms with van der Waals surface area (Å²) in [6, 6.07) is 0. The van der Waals surface area contributed by atoms with Crippen molar-refractivity contribution < 1.29 is 9.47 Å². The van der Waals surface area contributed by atoms with Crippen LogP contribution < -0.4 is 0 Å². The lowest BCUT2D eigenvalue weighted by Crippen LogP contribution is -2.44. The molecule has 2 fully saturated rings. The van der Waals surface area contributed by atoms with Gasteiger partial charge in [-0.2, -0.15) is 0 Å². The molecule has 16 heavy (non-hydrogen) atoms. The van der Waals surface area contributed by atoms with Gasteiger partial charge in [0.15, 0.2) is 0 Å². The summed E-state index contributed by atoms with van der Waals surface area (Å²) >= 11 is 0. The fourth-order valence-electron chi connectivity index (χ4n) is 2.38. The Morgan fingerprint density at radius 1 is 1.44 bits per heavy atom. The summed E-state index contributed by atoms with van der Waals surface area (Å²) in [6.45, 7) is 11.6. The molecule has 1 aliphatic heterocycles. The van der Waals surface area contributed by atoms with Crippen molar-refractivity contribution in [2.45, 2.75) is 45.8 Å². The van der Waals surface area contributed by atoms with Crippen LogP contribution in [0.2, 0.25) is 0 Å². The second-order valence-electron chi connectivity index (χ2n) is 5.78. The summed E-state index contributed by atoms with van der Waals surface area (Å²) in [6.07, 6.45) is 3.44. The fraction of sp³-hybridized carbons (Fsp3) is 1.00. The van der Waals surface area contributed by atoms with Gasteiger partial charge in [-0.1, -0.05) is 0 Å². The predicted octanol–water partition coefficient (Wildman–Crippen LogP) is 1.91. The van der Waals surface area contributed by atoms with Crippen molar-refractivity contribution in [1.29, 1.82) is 0 Å². The smallest absolute Gasteiger partial charge is 0.0674 e. The summed E-state index contributed by atoms with van der Waals surface area (Å²) in [5.41, 5.74) is 0.474. The van der Waals surface area contributed by atoms with E-state index in [1.165, 1.54) is 19.4 Å². The van der Waals surface area contributed by atoms with E-state index in [1.54, 1.807) is 0 Å². The van der Waals surface area contributed by atoms with Crippen molar-refractivity contribution in [2.75, 3.05) is 32.8 Å². The maximum atomic E-state index is 5.78. The molecule has 0 bridgehead atoms. The van der Waals surface area contributed by atoms with Crippen LogP contribution in [0.4, 0.5) is 0 Å². The van der Waals surface area contributed by atoms with Crippen molar-refractivity contribution in [3.05, 3.63) is 0 Å². The third kappa shape index (κ3) is 3.44. The Labute approximate surface area is 99.1 Å². The highest BCUT2D eigenvalue weighted by Gasteiger charge is 2.44. The van der Waals surface area contributed by atoms with Crippen LogP contribution in [-0.4, -0.2) is 50.0 Å². The van der Waals surface area contributed by atoms with Gasteiger partial charge in [0.25, 0.3) is 0 Å². The van der Waals surface area contributed by atoms with E-state index in [2.05, 4.69) is 25.7 Å². The molecule has 0 aromatic rings. The lowest BCUT2D eigenvalue weighted by Gasteiger charge is -2.34. The van der Waals surface area contributed by atoms with Crippen molar-refractivity contribution in [2.24, 2.45) is 5.41 Å². The molecule has 2 rings (SSSR count). The Morgan fingerprint density at radius 3 is 2.75 bits per heavy atom. The number of nitrogens with zero attached hydrogens (tertiary/aromatic N) is 1. The van der Waals surface area contributed by atoms with Crippen molar-refractivity contribution >= 4 is 0 Å². The number of hydrogen-bond acceptors (Lipinski definition) is 3. The quantitative estimate of drug-likeness (QED) is 0.716. The van der Waals surface area contributed by atoms with Crippen LogP contribution in [-0.2, 0) is 9.47 Å². The summed E-state index contributed by atoms with van der Waals surface area (Å²) in [7, 11) is 0. The molecule has 0 radical (unpaired) electrons. The zero-order valence-electron chi connectivity index (χ0n) is 10.9. The van der Waals surface area contributed by atoms with Gasteiger partial charge in [0, 0.05) is 25.0 Å². The molecule has 0 amide bonds. The van der Waals surface area contributed by atoms with Crippen LogP contribution in [0.15, 0.2) is 0 Å². The molecule has 3 nitrogen and oxygen atoms in total. The minimum Gasteiger partial charge on any atom is -0.378 e. The maximum absolute atomic E-state index is 5.78. The summed E-state index contributed by atoms with van der Waals surface area (Å²) in [4.78, 5) is 2.55. The van der Waals surface area contributed by atoms with Gasteiger partial charge in [0.1, 0.15) is 0 Å². The van der Waals surface area contributed by atoms with Gasteiger partial charge in [-0.15, -0.1) is 0 Å². The summed E-state index contributed by atoms with van der Waals surface area (Å²) < 4.78 is 11.3. The molecule has 3 heteroatoms. The van der Waals surface area contributed by atoms with Gasteiger partial charge in [-0.3, -0.25) is 4.90 Å². The average molecular weight is 227 g/mol. The molecule has 2 aliphatic rings. The van der Waals surface area contributed by atoms with E-state index >= 15 is 0 Å². The highest BCUT2D eigenvalue weighted by molar-refractivity contribution is 4.96. The molecule has 1 atom stereocenters. The van der Waals surface area contributed by atoms with Crippen LogP contribution in [0.25, 0.3) is 0 Å². The molecule has 0 aromatic heterocycles. The molecule has 0 aromatic carbocycles. The van der Waals surface area contributed by atoms with Crippen LogP contribution >= 0.6 is 0 Å². The Bertz CT molecular complexity index is 226. The van der Waals surface area contributed by atoms with Gasteiger partial charge in [0.2, 0.25) is 0 Å². The van der Waals surface area contributed by atoms with Crippen molar-refractivity contribution in [1.82, 2.24) is 4.90 Å². The first kappa shape index (κ1) is 12.3. The van der Waals surface area contributed by atoms with Crippen LogP contribution in [0.3, 0.4) is 0 Å². The van der Waals surface area contributed by atoms with E-state index in [9.17, 15) is 0 Å². The summed E-state index contributed by atoms with van der Waals surface area (Å²) in [5, 5.41) is 0. The lowest BCUT2D eigenvalue weighted by atomic mass is 10.1. The molecular weight excluding hydrogens is 202 g/mol. The van der Waals surface area contributed by atoms with E-state index in [0.29, 0.717) is 17.6 Å². The van der Waals surface area contributed by atoms with E-state index in [-0.39, 0.29) is 0 Å². The third-order valence-electron chi connectivity index (χ3n) is 3.56. The summed E-state index contributed by atoms with van der Waals surface area (Å²) in [5.74, 6) is 0. The Balaban J connectivity index is 1.75. The maximum Gasteiger partial charge on any atom is 0.0674 e. The first-order valence-electron chi connectivity index (χ1n) is 6.55. The van der Waals surface area contributed by atoms with Crippen LogP contribution in [0.5, 0.6) is 0 Å². The first-order chi connectivity index (χ1) is 7.60. The van der Waals surface area contributed by atoms with Gasteiger partial charge in [-0.25, -0.2) is 0 Å². The molecular formula is C13H25NO2. The lowest BCUT2D eigenvalue weighted by molar-refractivity contribution is -0.0352. The minimum atomic E-state index is 0.362. The van der Waals surface area contributed by atoms with E-state index < -0.39 is 0 Å². The molecule has 1 heterocycles. The predicted molar refractivity (Wildman–Crippen MR) is 64.6 cm³/mol. The van der Waals surface area contributed by atoms with Gasteiger partial charge >= 0.3 is 0 Å². The van der Waals surface area contributed by atoms with Crippen molar-refractivity contribution in [3.63, 3.8) is 0 Å². The van der Waals surface area contributed by atoms with Crippen LogP contribution in [0.1, 0.15) is 33.6 Å². The number of morpholine rings is 1. The van der Waals surface area contributed by atoms with Gasteiger partial charge in [0.05, 0.1) is 25.4 Å². The van der Waals surface area contributed by atoms with Gasteiger partial charge in [-0.05, 0) is 33.6 Å². The van der Waals surface area contributed by atoms with Crippen LogP contribution in [0, 0.1) is 5.41 Å². The van der Waals surface area contributed by atoms with Crippen molar-refractivity contribution in [3.8, 4) is 0 Å². The fourth-order valence-corrected chi connectivity index (χ4v) is 2.38. The second kappa shape index (κ2) is 5.03. The second-order valence-corrected chi connectivity index (χ2v) is 5.78. The molecule has 0 unspecified atom stereocenters. The normalized spacial score (nSPS) is 29.6. The molecule has 0 N–H and O–H groups in total. The van der Waals surface area contributed by atoms with Gasteiger partial charge < -0.3 is 9.47 Å². The third-order valence-corrected chi connectivity index (χ3v) is 3.56. The Hall–Kier alpha value is -0.120. The minimum absolute atomic E-state index is 0.362. The average Bonchev–Trinajstić information content (AvgIpc) is 2.96. The first-order valence-corrected chi connectivity index (χ1v) is 6.55. The van der Waals surface area contributed by atoms with E-state index in [0.717, 1.165) is 26.3 Å². The Kier molecular flexibility index (Phi) is 3.88. The highest BCUT2D eigenvalue weighted by Crippen LogP contribution is 2.46. The standard InChI is InChI=1S/C13H25NO2/c1-11(2)16-10-13(4-5-13)9-14-6-7-15-12(3)8-14/h11-12H,4-10H2,1-3H3/t12-/m1/s1. The highest BCUT2D eigenvalue weighted by atomic mass is 16.5. The molecule has 1 saturated carbocycles. The zero-order valence-corrected chi connectivity index (χ0v) is 10.9. The molecule has 1 aliphatic carbocycles. The molecule has 94 valence electrons. The topological polar surface area (TPSA) is 21.7 Å². The monoisotopic (exact) mass is 227 g/mol. The molecule has 1 saturated heterocycles. The zero-order chi connectivity index (χ0) is 11.6. The number of hydrogen-bond donors (Lipinski definition) is 0. The molecule has 0 spiro atoms. The number of rotatable bonds is 5.